The van der Waals surface area contributed by atoms with Gasteiger partial charge in [0.2, 0.25) is 16.1 Å². The Kier molecular flexibility index (Phi) is 5.07. The van der Waals surface area contributed by atoms with Crippen LogP contribution in [0.15, 0.2) is 28.1 Å². The minimum absolute atomic E-state index is 0.0733. The number of nitrogens with zero attached hydrogens (tertiary/aromatic N) is 2. The molecule has 1 heterocycles. The van der Waals surface area contributed by atoms with Gasteiger partial charge in [0, 0.05) is 22.6 Å². The normalized spacial score (nSPS) is 23.6. The number of halogens is 2. The van der Waals surface area contributed by atoms with Crippen molar-refractivity contribution in [3.8, 4) is 0 Å². The molecule has 0 spiro atoms. The standard InChI is InChI=1S/C13H14Cl2N2O3S/c1-9-4-12(16-8-18)2-3-17(9)21(19,20)13-6-10(14)5-11(15)7-13/h5-7,9,12H,2-4H2,1H3. The predicted octanol–water partition coefficient (Wildman–Crippen LogP) is 2.87. The van der Waals surface area contributed by atoms with Crippen LogP contribution in [0.2, 0.25) is 10.0 Å². The molecular formula is C13H14Cl2N2O3S. The average molecular weight is 349 g/mol. The molecule has 0 bridgehead atoms. The monoisotopic (exact) mass is 348 g/mol. The first-order valence-electron chi connectivity index (χ1n) is 6.39. The molecule has 0 aliphatic carbocycles. The summed E-state index contributed by atoms with van der Waals surface area (Å²) in [5, 5.41) is 0.545. The minimum atomic E-state index is -3.67. The lowest BCUT2D eigenvalue weighted by Gasteiger charge is -2.34. The molecule has 1 saturated heterocycles. The number of hydrogen-bond donors (Lipinski definition) is 0. The van der Waals surface area contributed by atoms with Crippen molar-refractivity contribution in [3.05, 3.63) is 28.2 Å². The number of piperidine rings is 1. The molecule has 1 aliphatic heterocycles. The molecule has 1 aromatic rings. The van der Waals surface area contributed by atoms with Gasteiger partial charge in [-0.05, 0) is 38.0 Å². The highest BCUT2D eigenvalue weighted by Crippen LogP contribution is 2.29. The minimum Gasteiger partial charge on any atom is -0.211 e. The molecule has 8 heteroatoms. The van der Waals surface area contributed by atoms with Gasteiger partial charge in [-0.3, -0.25) is 0 Å². The number of hydrogen-bond acceptors (Lipinski definition) is 4. The number of aliphatic imine (C=N–C) groups is 1. The Morgan fingerprint density at radius 3 is 2.43 bits per heavy atom. The van der Waals surface area contributed by atoms with Crippen LogP contribution in [0.3, 0.4) is 0 Å². The summed E-state index contributed by atoms with van der Waals surface area (Å²) in [4.78, 5) is 14.1. The number of isocyanates is 1. The summed E-state index contributed by atoms with van der Waals surface area (Å²) in [6.07, 6.45) is 2.51. The molecule has 2 rings (SSSR count). The Balaban J connectivity index is 2.30. The third kappa shape index (κ3) is 3.65. The Morgan fingerprint density at radius 1 is 1.29 bits per heavy atom. The molecule has 0 aromatic heterocycles. The van der Waals surface area contributed by atoms with E-state index in [0.29, 0.717) is 19.4 Å². The van der Waals surface area contributed by atoms with Gasteiger partial charge in [0.25, 0.3) is 0 Å². The predicted molar refractivity (Wildman–Crippen MR) is 81.0 cm³/mol. The SMILES string of the molecule is CC1CC(N=C=O)CCN1S(=O)(=O)c1cc(Cl)cc(Cl)c1. The highest BCUT2D eigenvalue weighted by molar-refractivity contribution is 7.89. The van der Waals surface area contributed by atoms with Crippen molar-refractivity contribution in [1.82, 2.24) is 4.31 Å². The largest absolute Gasteiger partial charge is 0.243 e. The molecule has 0 radical (unpaired) electrons. The molecule has 5 nitrogen and oxygen atoms in total. The third-order valence-corrected chi connectivity index (χ3v) is 5.89. The first kappa shape index (κ1) is 16.5. The second-order valence-corrected chi connectivity index (χ2v) is 7.73. The molecule has 1 fully saturated rings. The molecule has 2 unspecified atom stereocenters. The van der Waals surface area contributed by atoms with E-state index in [1.807, 2.05) is 0 Å². The summed E-state index contributed by atoms with van der Waals surface area (Å²) in [6, 6.07) is 3.81. The maximum atomic E-state index is 12.7. The van der Waals surface area contributed by atoms with Gasteiger partial charge in [0.15, 0.2) is 0 Å². The molecule has 1 aliphatic rings. The van der Waals surface area contributed by atoms with Crippen LogP contribution < -0.4 is 0 Å². The second-order valence-electron chi connectivity index (χ2n) is 4.97. The summed E-state index contributed by atoms with van der Waals surface area (Å²) in [6.45, 7) is 2.08. The van der Waals surface area contributed by atoms with Crippen molar-refractivity contribution in [2.45, 2.75) is 36.7 Å². The van der Waals surface area contributed by atoms with E-state index in [0.717, 1.165) is 0 Å². The fourth-order valence-corrected chi connectivity index (χ4v) is 4.87. The van der Waals surface area contributed by atoms with E-state index >= 15 is 0 Å². The van der Waals surface area contributed by atoms with Crippen LogP contribution in [0, 0.1) is 0 Å². The summed E-state index contributed by atoms with van der Waals surface area (Å²) in [7, 11) is -3.67. The Morgan fingerprint density at radius 2 is 1.90 bits per heavy atom. The first-order chi connectivity index (χ1) is 9.84. The summed E-state index contributed by atoms with van der Waals surface area (Å²) >= 11 is 11.7. The first-order valence-corrected chi connectivity index (χ1v) is 8.59. The lowest BCUT2D eigenvalue weighted by Crippen LogP contribution is -2.45. The highest BCUT2D eigenvalue weighted by atomic mass is 35.5. The smallest absolute Gasteiger partial charge is 0.211 e. The molecule has 114 valence electrons. The lowest BCUT2D eigenvalue weighted by molar-refractivity contribution is 0.248. The van der Waals surface area contributed by atoms with Gasteiger partial charge >= 0.3 is 0 Å². The molecule has 2 atom stereocenters. The molecular weight excluding hydrogens is 335 g/mol. The zero-order valence-corrected chi connectivity index (χ0v) is 13.6. The van der Waals surface area contributed by atoms with E-state index in [-0.39, 0.29) is 27.0 Å². The zero-order chi connectivity index (χ0) is 15.6. The summed E-state index contributed by atoms with van der Waals surface area (Å²) in [5.41, 5.74) is 0. The lowest BCUT2D eigenvalue weighted by atomic mass is 10.0. The number of benzene rings is 1. The zero-order valence-electron chi connectivity index (χ0n) is 11.3. The maximum absolute atomic E-state index is 12.7. The van der Waals surface area contributed by atoms with E-state index in [1.165, 1.54) is 28.6 Å². The van der Waals surface area contributed by atoms with Gasteiger partial charge in [-0.25, -0.2) is 18.2 Å². The number of sulfonamides is 1. The van der Waals surface area contributed by atoms with Gasteiger partial charge in [0.1, 0.15) is 0 Å². The van der Waals surface area contributed by atoms with Crippen molar-refractivity contribution in [1.29, 1.82) is 0 Å². The van der Waals surface area contributed by atoms with E-state index in [2.05, 4.69) is 4.99 Å². The average Bonchev–Trinajstić information content (AvgIpc) is 2.37. The quantitative estimate of drug-likeness (QED) is 0.623. The second kappa shape index (κ2) is 6.46. The van der Waals surface area contributed by atoms with Crippen LogP contribution >= 0.6 is 23.2 Å². The van der Waals surface area contributed by atoms with Crippen molar-refractivity contribution in [2.75, 3.05) is 6.54 Å². The molecule has 0 amide bonds. The highest BCUT2D eigenvalue weighted by Gasteiger charge is 2.34. The molecule has 1 aromatic carbocycles. The van der Waals surface area contributed by atoms with Crippen molar-refractivity contribution in [3.63, 3.8) is 0 Å². The molecule has 0 saturated carbocycles. The fourth-order valence-electron chi connectivity index (χ4n) is 2.49. The summed E-state index contributed by atoms with van der Waals surface area (Å²) < 4.78 is 26.7. The Bertz CT molecular complexity index is 666. The van der Waals surface area contributed by atoms with E-state index < -0.39 is 10.0 Å². The fraction of sp³-hybridized carbons (Fsp3) is 0.462. The van der Waals surface area contributed by atoms with Crippen molar-refractivity contribution >= 4 is 39.3 Å². The van der Waals surface area contributed by atoms with E-state index in [4.69, 9.17) is 23.2 Å². The van der Waals surface area contributed by atoms with E-state index in [9.17, 15) is 13.2 Å². The van der Waals surface area contributed by atoms with Crippen LogP contribution in [0.5, 0.6) is 0 Å². The van der Waals surface area contributed by atoms with Gasteiger partial charge in [0.05, 0.1) is 10.9 Å². The number of carbonyl (C=O) groups excluding carboxylic acids is 1. The van der Waals surface area contributed by atoms with Crippen LogP contribution in [-0.4, -0.2) is 37.4 Å². The summed E-state index contributed by atoms with van der Waals surface area (Å²) in [5.74, 6) is 0. The molecule has 21 heavy (non-hydrogen) atoms. The van der Waals surface area contributed by atoms with Gasteiger partial charge < -0.3 is 0 Å². The van der Waals surface area contributed by atoms with Crippen molar-refractivity contribution in [2.24, 2.45) is 4.99 Å². The maximum Gasteiger partial charge on any atom is 0.243 e. The van der Waals surface area contributed by atoms with Crippen molar-refractivity contribution < 1.29 is 13.2 Å². The van der Waals surface area contributed by atoms with Gasteiger partial charge in [-0.1, -0.05) is 23.2 Å². The Hall–Kier alpha value is -0.910. The topological polar surface area (TPSA) is 66.8 Å². The third-order valence-electron chi connectivity index (χ3n) is 3.47. The van der Waals surface area contributed by atoms with Crippen LogP contribution in [-0.2, 0) is 14.8 Å². The van der Waals surface area contributed by atoms with Crippen LogP contribution in [0.1, 0.15) is 19.8 Å². The van der Waals surface area contributed by atoms with Gasteiger partial charge in [-0.15, -0.1) is 0 Å². The van der Waals surface area contributed by atoms with Gasteiger partial charge in [-0.2, -0.15) is 4.31 Å². The number of rotatable bonds is 3. The Labute approximate surface area is 133 Å². The van der Waals surface area contributed by atoms with E-state index in [1.54, 1.807) is 6.92 Å². The molecule has 0 N–H and O–H groups in total. The van der Waals surface area contributed by atoms with Crippen LogP contribution in [0.4, 0.5) is 0 Å². The van der Waals surface area contributed by atoms with Crippen LogP contribution in [0.25, 0.3) is 0 Å².